The van der Waals surface area contributed by atoms with Crippen LogP contribution in [0.3, 0.4) is 0 Å². The van der Waals surface area contributed by atoms with E-state index in [1.54, 1.807) is 45.2 Å². The Morgan fingerprint density at radius 3 is 2.68 bits per heavy atom. The normalized spacial score (nSPS) is 21.3. The summed E-state index contributed by atoms with van der Waals surface area (Å²) in [4.78, 5) is 30.3. The third-order valence-electron chi connectivity index (χ3n) is 3.95. The van der Waals surface area contributed by atoms with Crippen molar-refractivity contribution in [1.82, 2.24) is 20.4 Å². The molecule has 1 fully saturated rings. The van der Waals surface area contributed by atoms with Gasteiger partial charge in [-0.05, 0) is 32.9 Å². The second kappa shape index (κ2) is 4.94. The molecular weight excluding hydrogens is 284 g/mol. The Morgan fingerprint density at radius 1 is 1.32 bits per heavy atom. The van der Waals surface area contributed by atoms with Crippen LogP contribution in [0.4, 0.5) is 4.79 Å². The van der Waals surface area contributed by atoms with Gasteiger partial charge in [-0.2, -0.15) is 0 Å². The number of hydrogen-bond acceptors (Lipinski definition) is 5. The molecule has 1 aliphatic heterocycles. The van der Waals surface area contributed by atoms with Crippen molar-refractivity contribution >= 4 is 11.9 Å². The van der Waals surface area contributed by atoms with Crippen LogP contribution in [0.2, 0.25) is 0 Å². The summed E-state index contributed by atoms with van der Waals surface area (Å²) in [6.07, 6.45) is 1.59. The van der Waals surface area contributed by atoms with E-state index in [-0.39, 0.29) is 12.5 Å². The maximum Gasteiger partial charge on any atom is 0.325 e. The zero-order chi connectivity index (χ0) is 15.9. The largest absolute Gasteiger partial charge is 0.361 e. The van der Waals surface area contributed by atoms with Crippen LogP contribution in [0.5, 0.6) is 0 Å². The molecule has 7 nitrogen and oxygen atoms in total. The second-order valence-electron chi connectivity index (χ2n) is 5.46. The Morgan fingerprint density at radius 2 is 2.09 bits per heavy atom. The van der Waals surface area contributed by atoms with Crippen molar-refractivity contribution in [2.75, 3.05) is 0 Å². The predicted octanol–water partition coefficient (Wildman–Crippen LogP) is 1.65. The van der Waals surface area contributed by atoms with Gasteiger partial charge in [0.25, 0.3) is 5.91 Å². The van der Waals surface area contributed by atoms with E-state index in [0.29, 0.717) is 17.1 Å². The van der Waals surface area contributed by atoms with E-state index in [2.05, 4.69) is 15.5 Å². The second-order valence-corrected chi connectivity index (χ2v) is 5.46. The first-order valence-electron chi connectivity index (χ1n) is 6.91. The van der Waals surface area contributed by atoms with Crippen LogP contribution in [0, 0.1) is 13.8 Å². The average Bonchev–Trinajstić information content (AvgIpc) is 2.94. The molecule has 2 aromatic rings. The van der Waals surface area contributed by atoms with Gasteiger partial charge in [0.05, 0.1) is 17.9 Å². The van der Waals surface area contributed by atoms with E-state index in [0.717, 1.165) is 5.56 Å². The van der Waals surface area contributed by atoms with Gasteiger partial charge in [-0.1, -0.05) is 11.2 Å². The number of imide groups is 1. The van der Waals surface area contributed by atoms with E-state index in [1.807, 2.05) is 0 Å². The number of carbonyl (C=O) groups excluding carboxylic acids is 2. The molecule has 22 heavy (non-hydrogen) atoms. The lowest BCUT2D eigenvalue weighted by Gasteiger charge is -2.20. The Kier molecular flexibility index (Phi) is 3.20. The van der Waals surface area contributed by atoms with Crippen LogP contribution >= 0.6 is 0 Å². The third-order valence-corrected chi connectivity index (χ3v) is 3.95. The molecule has 0 aromatic carbocycles. The number of carbonyl (C=O) groups is 2. The molecule has 3 heterocycles. The molecule has 7 heteroatoms. The van der Waals surface area contributed by atoms with E-state index >= 15 is 0 Å². The smallest absolute Gasteiger partial charge is 0.325 e. The van der Waals surface area contributed by atoms with Crippen molar-refractivity contribution in [3.8, 4) is 0 Å². The topological polar surface area (TPSA) is 88.3 Å². The molecule has 0 saturated carbocycles. The third kappa shape index (κ3) is 2.05. The molecule has 1 aliphatic rings. The van der Waals surface area contributed by atoms with Crippen molar-refractivity contribution in [2.45, 2.75) is 32.9 Å². The summed E-state index contributed by atoms with van der Waals surface area (Å²) in [5, 5.41) is 6.57. The van der Waals surface area contributed by atoms with E-state index in [4.69, 9.17) is 4.52 Å². The SMILES string of the molecule is Cc1noc(C)c1CN1C(=O)NC(C)(c2ccccn2)C1=O. The van der Waals surface area contributed by atoms with Gasteiger partial charge in [-0.3, -0.25) is 14.7 Å². The number of nitrogens with one attached hydrogen (secondary N) is 1. The van der Waals surface area contributed by atoms with Gasteiger partial charge < -0.3 is 9.84 Å². The molecule has 3 rings (SSSR count). The van der Waals surface area contributed by atoms with Crippen LogP contribution in [-0.2, 0) is 16.9 Å². The highest BCUT2D eigenvalue weighted by Gasteiger charge is 2.50. The highest BCUT2D eigenvalue weighted by molar-refractivity contribution is 6.06. The first kappa shape index (κ1) is 14.2. The molecule has 0 bridgehead atoms. The molecule has 1 unspecified atom stereocenters. The fourth-order valence-corrected chi connectivity index (χ4v) is 2.56. The summed E-state index contributed by atoms with van der Waals surface area (Å²) >= 11 is 0. The van der Waals surface area contributed by atoms with Crippen LogP contribution in [0.1, 0.15) is 29.6 Å². The fourth-order valence-electron chi connectivity index (χ4n) is 2.56. The van der Waals surface area contributed by atoms with Crippen molar-refractivity contribution in [1.29, 1.82) is 0 Å². The summed E-state index contributed by atoms with van der Waals surface area (Å²) in [5.41, 5.74) is 0.769. The number of rotatable bonds is 3. The Balaban J connectivity index is 1.92. The summed E-state index contributed by atoms with van der Waals surface area (Å²) in [7, 11) is 0. The van der Waals surface area contributed by atoms with Gasteiger partial charge in [0.2, 0.25) is 0 Å². The first-order chi connectivity index (χ1) is 10.4. The molecule has 114 valence electrons. The predicted molar refractivity (Wildman–Crippen MR) is 76.6 cm³/mol. The zero-order valence-electron chi connectivity index (χ0n) is 12.6. The average molecular weight is 300 g/mol. The number of hydrogen-bond donors (Lipinski definition) is 1. The highest BCUT2D eigenvalue weighted by atomic mass is 16.5. The van der Waals surface area contributed by atoms with Crippen molar-refractivity contribution < 1.29 is 14.1 Å². The molecule has 1 saturated heterocycles. The molecular formula is C15H16N4O3. The van der Waals surface area contributed by atoms with Crippen molar-refractivity contribution in [3.63, 3.8) is 0 Å². The number of amides is 3. The summed E-state index contributed by atoms with van der Waals surface area (Å²) < 4.78 is 5.08. The molecule has 1 N–H and O–H groups in total. The molecule has 2 aromatic heterocycles. The van der Waals surface area contributed by atoms with Gasteiger partial charge >= 0.3 is 6.03 Å². The minimum Gasteiger partial charge on any atom is -0.361 e. The van der Waals surface area contributed by atoms with Crippen molar-refractivity contribution in [3.05, 3.63) is 47.1 Å². The first-order valence-corrected chi connectivity index (χ1v) is 6.91. The van der Waals surface area contributed by atoms with Crippen LogP contribution in [0.25, 0.3) is 0 Å². The van der Waals surface area contributed by atoms with E-state index < -0.39 is 11.6 Å². The van der Waals surface area contributed by atoms with Gasteiger partial charge in [0.1, 0.15) is 5.76 Å². The quantitative estimate of drug-likeness (QED) is 0.871. The van der Waals surface area contributed by atoms with Crippen molar-refractivity contribution in [2.24, 2.45) is 0 Å². The maximum absolute atomic E-state index is 12.7. The van der Waals surface area contributed by atoms with Crippen LogP contribution < -0.4 is 5.32 Å². The summed E-state index contributed by atoms with van der Waals surface area (Å²) in [5.74, 6) is 0.265. The lowest BCUT2D eigenvalue weighted by molar-refractivity contribution is -0.131. The fraction of sp³-hybridized carbons (Fsp3) is 0.333. The Hall–Kier alpha value is -2.70. The monoisotopic (exact) mass is 300 g/mol. The van der Waals surface area contributed by atoms with Gasteiger partial charge in [0.15, 0.2) is 5.54 Å². The van der Waals surface area contributed by atoms with Gasteiger partial charge in [-0.15, -0.1) is 0 Å². The molecule has 3 amide bonds. The minimum absolute atomic E-state index is 0.133. The standard InChI is InChI=1S/C15H16N4O3/c1-9-11(10(2)22-18-9)8-19-13(20)15(3,17-14(19)21)12-6-4-5-7-16-12/h4-7H,8H2,1-3H3,(H,17,21). The van der Waals surface area contributed by atoms with Crippen LogP contribution in [-0.4, -0.2) is 27.0 Å². The van der Waals surface area contributed by atoms with E-state index in [9.17, 15) is 9.59 Å². The number of urea groups is 1. The number of pyridine rings is 1. The lowest BCUT2D eigenvalue weighted by Crippen LogP contribution is -2.41. The van der Waals surface area contributed by atoms with Crippen LogP contribution in [0.15, 0.2) is 28.9 Å². The minimum atomic E-state index is -1.16. The molecule has 0 spiro atoms. The highest BCUT2D eigenvalue weighted by Crippen LogP contribution is 2.29. The molecule has 0 aliphatic carbocycles. The Bertz CT molecular complexity index is 721. The van der Waals surface area contributed by atoms with Gasteiger partial charge in [-0.25, -0.2) is 4.79 Å². The number of aryl methyl sites for hydroxylation is 2. The number of aromatic nitrogens is 2. The molecule has 1 atom stereocenters. The zero-order valence-corrected chi connectivity index (χ0v) is 12.6. The summed E-state index contributed by atoms with van der Waals surface area (Å²) in [6, 6.07) is 4.82. The summed E-state index contributed by atoms with van der Waals surface area (Å²) in [6.45, 7) is 5.32. The Labute approximate surface area is 127 Å². The van der Waals surface area contributed by atoms with E-state index in [1.165, 1.54) is 4.90 Å². The molecule has 0 radical (unpaired) electrons. The lowest BCUT2D eigenvalue weighted by atomic mass is 9.97. The number of nitrogens with zero attached hydrogens (tertiary/aromatic N) is 3. The maximum atomic E-state index is 12.7. The van der Waals surface area contributed by atoms with Gasteiger partial charge in [0, 0.05) is 11.8 Å².